The lowest BCUT2D eigenvalue weighted by atomic mass is 10.2. The Morgan fingerprint density at radius 3 is 2.48 bits per heavy atom. The first-order valence-corrected chi connectivity index (χ1v) is 8.77. The monoisotopic (exact) mass is 381 g/mol. The van der Waals surface area contributed by atoms with Crippen LogP contribution in [0.2, 0.25) is 5.02 Å². The molecule has 0 bridgehead atoms. The topological polar surface area (TPSA) is 54.5 Å². The molecule has 138 valence electrons. The second-order valence-electron chi connectivity index (χ2n) is 6.05. The fourth-order valence-corrected chi connectivity index (χ4v) is 2.79. The molecule has 0 atom stereocenters. The zero-order valence-electron chi connectivity index (χ0n) is 15.4. The van der Waals surface area contributed by atoms with Gasteiger partial charge in [0.25, 0.3) is 5.91 Å². The van der Waals surface area contributed by atoms with Crippen molar-refractivity contribution in [2.45, 2.75) is 6.92 Å². The molecule has 1 heterocycles. The maximum atomic E-state index is 12.6. The number of aryl methyl sites for hydroxylation is 1. The summed E-state index contributed by atoms with van der Waals surface area (Å²) in [7, 11) is 3.48. The zero-order valence-corrected chi connectivity index (χ0v) is 16.1. The van der Waals surface area contributed by atoms with Crippen LogP contribution in [0.25, 0.3) is 0 Å². The van der Waals surface area contributed by atoms with Crippen LogP contribution in [0.15, 0.2) is 60.8 Å². The van der Waals surface area contributed by atoms with Crippen LogP contribution in [0.3, 0.4) is 0 Å². The summed E-state index contributed by atoms with van der Waals surface area (Å²) in [5.74, 6) is 0.184. The third-order valence-electron chi connectivity index (χ3n) is 4.24. The van der Waals surface area contributed by atoms with Gasteiger partial charge < -0.3 is 15.0 Å². The minimum atomic E-state index is -0.316. The Balaban J connectivity index is 1.78. The Morgan fingerprint density at radius 2 is 1.85 bits per heavy atom. The van der Waals surface area contributed by atoms with E-state index in [1.54, 1.807) is 24.4 Å². The number of nitrogens with one attached hydrogen (secondary N) is 1. The number of nitrogens with zero attached hydrogens (tertiary/aromatic N) is 2. The van der Waals surface area contributed by atoms with Gasteiger partial charge in [0.2, 0.25) is 0 Å². The highest BCUT2D eigenvalue weighted by atomic mass is 35.5. The predicted octanol–water partition coefficient (Wildman–Crippen LogP) is 5.07. The van der Waals surface area contributed by atoms with Crippen molar-refractivity contribution in [1.82, 2.24) is 4.98 Å². The maximum absolute atomic E-state index is 12.6. The summed E-state index contributed by atoms with van der Waals surface area (Å²) in [6.45, 7) is 1.86. The number of pyridine rings is 1. The van der Waals surface area contributed by atoms with Crippen molar-refractivity contribution in [3.8, 4) is 5.75 Å². The first kappa shape index (κ1) is 18.7. The van der Waals surface area contributed by atoms with E-state index in [4.69, 9.17) is 16.3 Å². The van der Waals surface area contributed by atoms with Crippen molar-refractivity contribution in [3.63, 3.8) is 0 Å². The van der Waals surface area contributed by atoms with Crippen LogP contribution in [-0.4, -0.2) is 25.0 Å². The fourth-order valence-electron chi connectivity index (χ4n) is 2.64. The average molecular weight is 382 g/mol. The van der Waals surface area contributed by atoms with Crippen molar-refractivity contribution in [2.24, 2.45) is 0 Å². The molecule has 0 fully saturated rings. The largest absolute Gasteiger partial charge is 0.495 e. The van der Waals surface area contributed by atoms with Gasteiger partial charge in [-0.3, -0.25) is 4.79 Å². The molecule has 0 aliphatic rings. The number of ether oxygens (including phenoxy) is 1. The van der Waals surface area contributed by atoms with E-state index in [1.165, 1.54) is 7.11 Å². The lowest BCUT2D eigenvalue weighted by Gasteiger charge is -2.19. The van der Waals surface area contributed by atoms with Crippen LogP contribution in [0.4, 0.5) is 17.1 Å². The van der Waals surface area contributed by atoms with E-state index < -0.39 is 0 Å². The summed E-state index contributed by atoms with van der Waals surface area (Å²) in [4.78, 5) is 18.9. The standard InChI is InChI=1S/C21H20ClN3O2/c1-14-11-19(20(27-3)12-17(14)22)24-21(26)18-10-9-16(13-23-18)25(2)15-7-5-4-6-8-15/h4-13H,1-3H3,(H,24,26). The van der Waals surface area contributed by atoms with Crippen LogP contribution in [0.1, 0.15) is 16.1 Å². The molecule has 0 saturated carbocycles. The Hall–Kier alpha value is -3.05. The smallest absolute Gasteiger partial charge is 0.274 e. The minimum Gasteiger partial charge on any atom is -0.495 e. The third kappa shape index (κ3) is 4.20. The van der Waals surface area contributed by atoms with Crippen molar-refractivity contribution < 1.29 is 9.53 Å². The van der Waals surface area contributed by atoms with Gasteiger partial charge in [0.1, 0.15) is 11.4 Å². The number of aromatic nitrogens is 1. The summed E-state index contributed by atoms with van der Waals surface area (Å²) in [6, 6.07) is 16.9. The highest BCUT2D eigenvalue weighted by Gasteiger charge is 2.13. The van der Waals surface area contributed by atoms with Gasteiger partial charge in [-0.1, -0.05) is 29.8 Å². The highest BCUT2D eigenvalue weighted by molar-refractivity contribution is 6.31. The van der Waals surface area contributed by atoms with E-state index in [0.717, 1.165) is 16.9 Å². The molecule has 1 aromatic heterocycles. The van der Waals surface area contributed by atoms with Crippen LogP contribution >= 0.6 is 11.6 Å². The number of para-hydroxylation sites is 1. The average Bonchev–Trinajstić information content (AvgIpc) is 2.70. The molecule has 0 aliphatic heterocycles. The number of rotatable bonds is 5. The van der Waals surface area contributed by atoms with E-state index in [0.29, 0.717) is 22.2 Å². The van der Waals surface area contributed by atoms with Gasteiger partial charge in [0.15, 0.2) is 0 Å². The summed E-state index contributed by atoms with van der Waals surface area (Å²) in [5.41, 5.74) is 3.64. The molecule has 3 rings (SSSR count). The number of hydrogen-bond donors (Lipinski definition) is 1. The molecule has 0 unspecified atom stereocenters. The lowest BCUT2D eigenvalue weighted by molar-refractivity contribution is 0.102. The summed E-state index contributed by atoms with van der Waals surface area (Å²) in [5, 5.41) is 3.41. The van der Waals surface area contributed by atoms with Crippen molar-refractivity contribution >= 4 is 34.6 Å². The van der Waals surface area contributed by atoms with Crippen LogP contribution in [0.5, 0.6) is 5.75 Å². The van der Waals surface area contributed by atoms with E-state index in [-0.39, 0.29) is 5.91 Å². The molecular formula is C21H20ClN3O2. The number of methoxy groups -OCH3 is 1. The van der Waals surface area contributed by atoms with Gasteiger partial charge in [-0.2, -0.15) is 0 Å². The van der Waals surface area contributed by atoms with Crippen LogP contribution in [-0.2, 0) is 0 Å². The first-order valence-electron chi connectivity index (χ1n) is 8.40. The summed E-state index contributed by atoms with van der Waals surface area (Å²) >= 11 is 6.11. The molecule has 0 spiro atoms. The second-order valence-corrected chi connectivity index (χ2v) is 6.46. The van der Waals surface area contributed by atoms with Gasteiger partial charge in [-0.15, -0.1) is 0 Å². The number of benzene rings is 2. The predicted molar refractivity (Wildman–Crippen MR) is 109 cm³/mol. The summed E-state index contributed by atoms with van der Waals surface area (Å²) < 4.78 is 5.29. The molecule has 2 aromatic carbocycles. The number of carbonyl (C=O) groups is 1. The van der Waals surface area contributed by atoms with E-state index in [9.17, 15) is 4.79 Å². The number of amides is 1. The second kappa shape index (κ2) is 8.10. The molecule has 1 N–H and O–H groups in total. The van der Waals surface area contributed by atoms with Crippen molar-refractivity contribution in [1.29, 1.82) is 0 Å². The molecule has 6 heteroatoms. The molecule has 5 nitrogen and oxygen atoms in total. The summed E-state index contributed by atoms with van der Waals surface area (Å²) in [6.07, 6.45) is 1.67. The first-order chi connectivity index (χ1) is 13.0. The van der Waals surface area contributed by atoms with E-state index in [2.05, 4.69) is 10.3 Å². The molecule has 27 heavy (non-hydrogen) atoms. The minimum absolute atomic E-state index is 0.315. The van der Waals surface area contributed by atoms with Crippen molar-refractivity contribution in [2.75, 3.05) is 24.4 Å². The molecule has 3 aromatic rings. The van der Waals surface area contributed by atoms with Gasteiger partial charge in [-0.05, 0) is 42.8 Å². The van der Waals surface area contributed by atoms with Gasteiger partial charge in [-0.25, -0.2) is 4.98 Å². The Morgan fingerprint density at radius 1 is 1.11 bits per heavy atom. The third-order valence-corrected chi connectivity index (χ3v) is 4.65. The highest BCUT2D eigenvalue weighted by Crippen LogP contribution is 2.31. The molecule has 0 saturated heterocycles. The number of halogens is 1. The van der Waals surface area contributed by atoms with Crippen LogP contribution in [0, 0.1) is 6.92 Å². The van der Waals surface area contributed by atoms with E-state index in [1.807, 2.05) is 55.3 Å². The zero-order chi connectivity index (χ0) is 19.4. The van der Waals surface area contributed by atoms with Crippen LogP contribution < -0.4 is 15.0 Å². The van der Waals surface area contributed by atoms with Gasteiger partial charge >= 0.3 is 0 Å². The molecule has 0 aliphatic carbocycles. The molecular weight excluding hydrogens is 362 g/mol. The van der Waals surface area contributed by atoms with E-state index >= 15 is 0 Å². The normalized spacial score (nSPS) is 10.4. The quantitative estimate of drug-likeness (QED) is 0.670. The molecule has 0 radical (unpaired) electrons. The van der Waals surface area contributed by atoms with Gasteiger partial charge in [0.05, 0.1) is 24.7 Å². The Bertz CT molecular complexity index is 944. The SMILES string of the molecule is COc1cc(Cl)c(C)cc1NC(=O)c1ccc(N(C)c2ccccc2)cn1. The maximum Gasteiger partial charge on any atom is 0.274 e. The fraction of sp³-hybridized carbons (Fsp3) is 0.143. The Kier molecular flexibility index (Phi) is 5.62. The number of hydrogen-bond acceptors (Lipinski definition) is 4. The van der Waals surface area contributed by atoms with Crippen molar-refractivity contribution in [3.05, 3.63) is 77.1 Å². The Labute approximate surface area is 163 Å². The number of anilines is 3. The lowest BCUT2D eigenvalue weighted by Crippen LogP contribution is -2.15. The van der Waals surface area contributed by atoms with Gasteiger partial charge in [0, 0.05) is 23.8 Å². The number of carbonyl (C=O) groups excluding carboxylic acids is 1. The molecule has 1 amide bonds.